The van der Waals surface area contributed by atoms with Gasteiger partial charge in [0.05, 0.1) is 5.25 Å². The largest absolute Gasteiger partial charge is 0.350 e. The van der Waals surface area contributed by atoms with Crippen molar-refractivity contribution in [3.05, 3.63) is 29.3 Å². The molecule has 2 aromatic rings. The molecule has 5 nitrogen and oxygen atoms in total. The molecule has 0 radical (unpaired) electrons. The number of anilines is 2. The summed E-state index contributed by atoms with van der Waals surface area (Å²) in [5, 5.41) is 15.2. The van der Waals surface area contributed by atoms with Crippen molar-refractivity contribution < 1.29 is 4.79 Å². The van der Waals surface area contributed by atoms with Gasteiger partial charge in [0.15, 0.2) is 4.34 Å². The number of nitrogens with zero attached hydrogens (tertiary/aromatic N) is 2. The molecule has 1 amide bonds. The van der Waals surface area contributed by atoms with Gasteiger partial charge in [0.25, 0.3) is 0 Å². The Balaban J connectivity index is 1.96. The Morgan fingerprint density at radius 1 is 1.28 bits per heavy atom. The Morgan fingerprint density at radius 2 is 2.00 bits per heavy atom. The van der Waals surface area contributed by atoms with Gasteiger partial charge < -0.3 is 10.6 Å². The number of rotatable bonds is 7. The molecule has 7 heteroatoms. The van der Waals surface area contributed by atoms with Crippen LogP contribution in [0.15, 0.2) is 22.5 Å². The van der Waals surface area contributed by atoms with Crippen molar-refractivity contribution in [2.75, 3.05) is 5.32 Å². The number of carbonyl (C=O) groups is 1. The molecule has 1 heterocycles. The summed E-state index contributed by atoms with van der Waals surface area (Å²) in [6, 6.07) is 6.20. The molecule has 2 N–H and O–H groups in total. The SMILES string of the molecule is CCC(C)(C)NC(=O)C(C)Sc1nnc(Nc2ccc(C)c(C)c2)s1. The van der Waals surface area contributed by atoms with Crippen LogP contribution in [-0.2, 0) is 4.79 Å². The van der Waals surface area contributed by atoms with E-state index >= 15 is 0 Å². The predicted molar refractivity (Wildman–Crippen MR) is 107 cm³/mol. The molecule has 0 spiro atoms. The van der Waals surface area contributed by atoms with Gasteiger partial charge in [0.2, 0.25) is 11.0 Å². The average Bonchev–Trinajstić information content (AvgIpc) is 2.97. The van der Waals surface area contributed by atoms with E-state index in [4.69, 9.17) is 0 Å². The second-order valence-corrected chi connectivity index (χ2v) is 9.35. The van der Waals surface area contributed by atoms with Crippen molar-refractivity contribution in [3.8, 4) is 0 Å². The van der Waals surface area contributed by atoms with E-state index in [1.165, 1.54) is 34.2 Å². The van der Waals surface area contributed by atoms with E-state index in [1.807, 2.05) is 26.8 Å². The first-order valence-corrected chi connectivity index (χ1v) is 10.1. The second-order valence-electron chi connectivity index (χ2n) is 6.78. The number of benzene rings is 1. The monoisotopic (exact) mass is 378 g/mol. The Bertz CT molecular complexity index is 742. The topological polar surface area (TPSA) is 66.9 Å². The number of hydrogen-bond acceptors (Lipinski definition) is 6. The highest BCUT2D eigenvalue weighted by Gasteiger charge is 2.23. The highest BCUT2D eigenvalue weighted by Crippen LogP contribution is 2.31. The van der Waals surface area contributed by atoms with E-state index in [0.717, 1.165) is 21.6 Å². The molecule has 136 valence electrons. The summed E-state index contributed by atoms with van der Waals surface area (Å²) in [4.78, 5) is 12.3. The van der Waals surface area contributed by atoms with Crippen molar-refractivity contribution in [3.63, 3.8) is 0 Å². The standard InChI is InChI=1S/C18H26N4OS2/c1-7-18(5,6)20-15(23)13(4)24-17-22-21-16(25-17)19-14-9-8-11(2)12(3)10-14/h8-10,13H,7H2,1-6H3,(H,19,21)(H,20,23). The first kappa shape index (κ1) is 19.7. The number of hydrogen-bond donors (Lipinski definition) is 2. The zero-order chi connectivity index (χ0) is 18.6. The van der Waals surface area contributed by atoms with Gasteiger partial charge in [-0.05, 0) is 64.3 Å². The van der Waals surface area contributed by atoms with E-state index in [-0.39, 0.29) is 16.7 Å². The summed E-state index contributed by atoms with van der Waals surface area (Å²) in [7, 11) is 0. The number of aromatic nitrogens is 2. The van der Waals surface area contributed by atoms with Gasteiger partial charge in [-0.2, -0.15) is 0 Å². The molecule has 0 saturated carbocycles. The molecule has 25 heavy (non-hydrogen) atoms. The van der Waals surface area contributed by atoms with Gasteiger partial charge >= 0.3 is 0 Å². The lowest BCUT2D eigenvalue weighted by atomic mass is 10.0. The van der Waals surface area contributed by atoms with Crippen LogP contribution in [0, 0.1) is 13.8 Å². The summed E-state index contributed by atoms with van der Waals surface area (Å²) < 4.78 is 0.781. The summed E-state index contributed by atoms with van der Waals surface area (Å²) >= 11 is 2.89. The minimum Gasteiger partial charge on any atom is -0.350 e. The minimum atomic E-state index is -0.215. The molecule has 2 rings (SSSR count). The lowest BCUT2D eigenvalue weighted by Gasteiger charge is -2.26. The van der Waals surface area contributed by atoms with Crippen molar-refractivity contribution in [1.29, 1.82) is 0 Å². The predicted octanol–water partition coefficient (Wildman–Crippen LogP) is 4.68. The van der Waals surface area contributed by atoms with Crippen molar-refractivity contribution in [1.82, 2.24) is 15.5 Å². The van der Waals surface area contributed by atoms with E-state index in [9.17, 15) is 4.79 Å². The Labute approximate surface area is 158 Å². The summed E-state index contributed by atoms with van der Waals surface area (Å²) in [5.41, 5.74) is 3.29. The molecule has 1 aromatic carbocycles. The third-order valence-electron chi connectivity index (χ3n) is 4.16. The first-order valence-electron chi connectivity index (χ1n) is 8.36. The van der Waals surface area contributed by atoms with Crippen molar-refractivity contribution in [2.24, 2.45) is 0 Å². The number of aryl methyl sites for hydroxylation is 2. The number of thioether (sulfide) groups is 1. The van der Waals surface area contributed by atoms with Gasteiger partial charge in [-0.1, -0.05) is 36.1 Å². The van der Waals surface area contributed by atoms with E-state index in [1.54, 1.807) is 0 Å². The van der Waals surface area contributed by atoms with Crippen LogP contribution >= 0.6 is 23.1 Å². The van der Waals surface area contributed by atoms with Crippen molar-refractivity contribution in [2.45, 2.75) is 63.1 Å². The summed E-state index contributed by atoms with van der Waals surface area (Å²) in [5.74, 6) is 0.0238. The molecule has 1 atom stereocenters. The van der Waals surface area contributed by atoms with Gasteiger partial charge in [-0.25, -0.2) is 0 Å². The molecule has 0 aliphatic rings. The zero-order valence-electron chi connectivity index (χ0n) is 15.6. The molecular formula is C18H26N4OS2. The highest BCUT2D eigenvalue weighted by atomic mass is 32.2. The van der Waals surface area contributed by atoms with Gasteiger partial charge in [0, 0.05) is 11.2 Å². The molecular weight excluding hydrogens is 352 g/mol. The lowest BCUT2D eigenvalue weighted by molar-refractivity contribution is -0.121. The Hall–Kier alpha value is -1.60. The van der Waals surface area contributed by atoms with Crippen LogP contribution in [0.4, 0.5) is 10.8 Å². The molecule has 0 fully saturated rings. The fraction of sp³-hybridized carbons (Fsp3) is 0.500. The van der Waals surface area contributed by atoms with E-state index in [2.05, 4.69) is 53.7 Å². The maximum Gasteiger partial charge on any atom is 0.233 e. The molecule has 0 aliphatic heterocycles. The molecule has 0 aliphatic carbocycles. The van der Waals surface area contributed by atoms with Crippen LogP contribution in [0.3, 0.4) is 0 Å². The van der Waals surface area contributed by atoms with Crippen LogP contribution in [0.25, 0.3) is 0 Å². The fourth-order valence-electron chi connectivity index (χ4n) is 1.98. The second kappa shape index (κ2) is 8.19. The normalized spacial score (nSPS) is 12.7. The maximum absolute atomic E-state index is 12.3. The van der Waals surface area contributed by atoms with Crippen LogP contribution in [0.5, 0.6) is 0 Å². The van der Waals surface area contributed by atoms with Crippen LogP contribution in [0.1, 0.15) is 45.2 Å². The van der Waals surface area contributed by atoms with Crippen LogP contribution < -0.4 is 10.6 Å². The number of nitrogens with one attached hydrogen (secondary N) is 2. The van der Waals surface area contributed by atoms with Crippen LogP contribution in [-0.4, -0.2) is 26.9 Å². The van der Waals surface area contributed by atoms with Gasteiger partial charge in [-0.15, -0.1) is 10.2 Å². The zero-order valence-corrected chi connectivity index (χ0v) is 17.3. The van der Waals surface area contributed by atoms with E-state index < -0.39 is 0 Å². The lowest BCUT2D eigenvalue weighted by Crippen LogP contribution is -2.46. The average molecular weight is 379 g/mol. The number of carbonyl (C=O) groups excluding carboxylic acids is 1. The highest BCUT2D eigenvalue weighted by molar-refractivity contribution is 8.02. The van der Waals surface area contributed by atoms with Crippen molar-refractivity contribution >= 4 is 39.8 Å². The van der Waals surface area contributed by atoms with Gasteiger partial charge in [0.1, 0.15) is 0 Å². The quantitative estimate of drug-likeness (QED) is 0.685. The number of amides is 1. The third kappa shape index (κ3) is 5.71. The smallest absolute Gasteiger partial charge is 0.233 e. The Morgan fingerprint density at radius 3 is 2.64 bits per heavy atom. The minimum absolute atomic E-state index is 0.0238. The summed E-state index contributed by atoms with van der Waals surface area (Å²) in [6.45, 7) is 12.2. The molecule has 1 aromatic heterocycles. The first-order chi connectivity index (χ1) is 11.7. The molecule has 1 unspecified atom stereocenters. The summed E-state index contributed by atoms with van der Waals surface area (Å²) in [6.07, 6.45) is 0.888. The maximum atomic E-state index is 12.3. The molecule has 0 bridgehead atoms. The molecule has 0 saturated heterocycles. The van der Waals surface area contributed by atoms with Crippen LogP contribution in [0.2, 0.25) is 0 Å². The fourth-order valence-corrected chi connectivity index (χ4v) is 3.90. The van der Waals surface area contributed by atoms with Gasteiger partial charge in [-0.3, -0.25) is 4.79 Å². The Kier molecular flexibility index (Phi) is 6.46. The van der Waals surface area contributed by atoms with E-state index in [0.29, 0.717) is 0 Å². The third-order valence-corrected chi connectivity index (χ3v) is 6.18.